The van der Waals surface area contributed by atoms with Crippen LogP contribution in [0.2, 0.25) is 5.02 Å². The van der Waals surface area contributed by atoms with Crippen molar-refractivity contribution in [3.8, 4) is 6.07 Å². The van der Waals surface area contributed by atoms with Crippen molar-refractivity contribution in [3.05, 3.63) is 63.2 Å². The van der Waals surface area contributed by atoms with Gasteiger partial charge in [-0.15, -0.1) is 0 Å². The fourth-order valence-electron chi connectivity index (χ4n) is 3.08. The number of nitrogens with one attached hydrogen (secondary N) is 1. The van der Waals surface area contributed by atoms with Crippen LogP contribution in [0.25, 0.3) is 0 Å². The van der Waals surface area contributed by atoms with Crippen LogP contribution in [0, 0.1) is 21.4 Å². The van der Waals surface area contributed by atoms with Gasteiger partial charge in [-0.1, -0.05) is 17.7 Å². The number of hydrogen-bond donors (Lipinski definition) is 1. The van der Waals surface area contributed by atoms with Crippen molar-refractivity contribution in [2.45, 2.75) is 0 Å². The molecule has 1 N–H and O–H groups in total. The van der Waals surface area contributed by atoms with Gasteiger partial charge in [0, 0.05) is 49.0 Å². The van der Waals surface area contributed by atoms with E-state index in [4.69, 9.17) is 16.9 Å². The molecule has 0 spiro atoms. The van der Waals surface area contributed by atoms with Crippen LogP contribution in [-0.2, 0) is 4.79 Å². The molecule has 0 unspecified atom stereocenters. The Morgan fingerprint density at radius 3 is 2.64 bits per heavy atom. The maximum Gasteiger partial charge on any atom is 0.271 e. The minimum atomic E-state index is -0.407. The van der Waals surface area contributed by atoms with Crippen LogP contribution < -0.4 is 10.2 Å². The van der Waals surface area contributed by atoms with E-state index in [-0.39, 0.29) is 18.1 Å². The third kappa shape index (κ3) is 4.76. The van der Waals surface area contributed by atoms with Gasteiger partial charge in [0.1, 0.15) is 6.07 Å². The summed E-state index contributed by atoms with van der Waals surface area (Å²) in [5.74, 6) is -0.220. The standard InChI is InChI=1S/C19H18ClN5O3/c20-15-5-4-14(12-21)18(10-15)22-19(26)13-23-6-8-24(9-7-23)16-2-1-3-17(11-16)25(27)28/h1-5,10-11H,6-9,13H2,(H,22,26). The third-order valence-electron chi connectivity index (χ3n) is 4.52. The molecule has 1 heterocycles. The monoisotopic (exact) mass is 399 g/mol. The van der Waals surface area contributed by atoms with Crippen molar-refractivity contribution in [3.63, 3.8) is 0 Å². The summed E-state index contributed by atoms with van der Waals surface area (Å²) >= 11 is 5.94. The SMILES string of the molecule is N#Cc1ccc(Cl)cc1NC(=O)CN1CCN(c2cccc([N+](=O)[O-])c2)CC1. The Hall–Kier alpha value is -3.15. The van der Waals surface area contributed by atoms with E-state index in [1.807, 2.05) is 17.0 Å². The molecule has 1 aliphatic rings. The van der Waals surface area contributed by atoms with Crippen molar-refractivity contribution in [1.29, 1.82) is 5.26 Å². The summed E-state index contributed by atoms with van der Waals surface area (Å²) in [6.45, 7) is 2.82. The van der Waals surface area contributed by atoms with Crippen molar-refractivity contribution < 1.29 is 9.72 Å². The molecule has 0 bridgehead atoms. The van der Waals surface area contributed by atoms with Crippen LogP contribution in [0.1, 0.15) is 5.56 Å². The van der Waals surface area contributed by atoms with Crippen LogP contribution in [0.5, 0.6) is 0 Å². The number of amides is 1. The first kappa shape index (κ1) is 19.6. The number of hydrogen-bond acceptors (Lipinski definition) is 6. The molecule has 28 heavy (non-hydrogen) atoms. The van der Waals surface area contributed by atoms with Crippen LogP contribution in [0.4, 0.5) is 17.1 Å². The highest BCUT2D eigenvalue weighted by atomic mass is 35.5. The molecule has 8 nitrogen and oxygen atoms in total. The maximum absolute atomic E-state index is 12.3. The van der Waals surface area contributed by atoms with Gasteiger partial charge >= 0.3 is 0 Å². The second kappa shape index (κ2) is 8.69. The normalized spacial score (nSPS) is 14.4. The van der Waals surface area contributed by atoms with Gasteiger partial charge in [-0.2, -0.15) is 5.26 Å². The Bertz CT molecular complexity index is 935. The van der Waals surface area contributed by atoms with Gasteiger partial charge in [0.05, 0.1) is 22.7 Å². The van der Waals surface area contributed by atoms with E-state index in [0.717, 1.165) is 5.69 Å². The number of nitro groups is 1. The van der Waals surface area contributed by atoms with Gasteiger partial charge in [0.2, 0.25) is 5.91 Å². The fourth-order valence-corrected chi connectivity index (χ4v) is 3.25. The largest absolute Gasteiger partial charge is 0.369 e. The lowest BCUT2D eigenvalue weighted by atomic mass is 10.2. The number of anilines is 2. The zero-order valence-electron chi connectivity index (χ0n) is 15.0. The number of nitro benzene ring substituents is 1. The fraction of sp³-hybridized carbons (Fsp3) is 0.263. The van der Waals surface area contributed by atoms with Crippen molar-refractivity contribution in [2.75, 3.05) is 42.9 Å². The Balaban J connectivity index is 1.55. The lowest BCUT2D eigenvalue weighted by molar-refractivity contribution is -0.384. The van der Waals surface area contributed by atoms with Gasteiger partial charge in [0.15, 0.2) is 0 Å². The van der Waals surface area contributed by atoms with E-state index in [0.29, 0.717) is 42.5 Å². The average Bonchev–Trinajstić information content (AvgIpc) is 2.69. The highest BCUT2D eigenvalue weighted by molar-refractivity contribution is 6.31. The zero-order valence-corrected chi connectivity index (χ0v) is 15.7. The molecule has 0 atom stereocenters. The molecule has 1 saturated heterocycles. The van der Waals surface area contributed by atoms with Crippen molar-refractivity contribution in [2.24, 2.45) is 0 Å². The molecule has 1 amide bonds. The molecular formula is C19H18ClN5O3. The topological polar surface area (TPSA) is 103 Å². The molecule has 0 aromatic heterocycles. The summed E-state index contributed by atoms with van der Waals surface area (Å²) in [5.41, 5.74) is 1.62. The first-order valence-electron chi connectivity index (χ1n) is 8.67. The van der Waals surface area contributed by atoms with Gasteiger partial charge in [-0.3, -0.25) is 19.8 Å². The second-order valence-electron chi connectivity index (χ2n) is 6.39. The number of nitrogens with zero attached hydrogens (tertiary/aromatic N) is 4. The molecule has 0 aliphatic carbocycles. The number of non-ortho nitro benzene ring substituents is 1. The zero-order chi connectivity index (χ0) is 20.1. The quantitative estimate of drug-likeness (QED) is 0.612. The smallest absolute Gasteiger partial charge is 0.271 e. The Labute approximate surface area is 167 Å². The first-order valence-corrected chi connectivity index (χ1v) is 9.05. The van der Waals surface area contributed by atoms with Crippen LogP contribution in [-0.4, -0.2) is 48.5 Å². The summed E-state index contributed by atoms with van der Waals surface area (Å²) in [6, 6.07) is 13.3. The van der Waals surface area contributed by atoms with Crippen LogP contribution in [0.3, 0.4) is 0 Å². The highest BCUT2D eigenvalue weighted by Crippen LogP contribution is 2.23. The summed E-state index contributed by atoms with van der Waals surface area (Å²) in [5, 5.41) is 23.2. The minimum absolute atomic E-state index is 0.0640. The maximum atomic E-state index is 12.3. The van der Waals surface area contributed by atoms with E-state index < -0.39 is 4.92 Å². The molecular weight excluding hydrogens is 382 g/mol. The van der Waals surface area contributed by atoms with Crippen molar-refractivity contribution in [1.82, 2.24) is 4.90 Å². The molecule has 0 saturated carbocycles. The van der Waals surface area contributed by atoms with Gasteiger partial charge in [0.25, 0.3) is 5.69 Å². The third-order valence-corrected chi connectivity index (χ3v) is 4.76. The Morgan fingerprint density at radius 1 is 1.21 bits per heavy atom. The lowest BCUT2D eigenvalue weighted by Crippen LogP contribution is -2.48. The molecule has 0 radical (unpaired) electrons. The number of halogens is 1. The summed E-state index contributed by atoms with van der Waals surface area (Å²) in [4.78, 5) is 26.9. The molecule has 2 aromatic rings. The minimum Gasteiger partial charge on any atom is -0.369 e. The molecule has 1 fully saturated rings. The molecule has 144 valence electrons. The predicted molar refractivity (Wildman–Crippen MR) is 107 cm³/mol. The summed E-state index contributed by atoms with van der Waals surface area (Å²) in [6.07, 6.45) is 0. The van der Waals surface area contributed by atoms with E-state index >= 15 is 0 Å². The Morgan fingerprint density at radius 2 is 1.96 bits per heavy atom. The summed E-state index contributed by atoms with van der Waals surface area (Å²) < 4.78 is 0. The number of rotatable bonds is 5. The number of carbonyl (C=O) groups is 1. The molecule has 3 rings (SSSR count). The predicted octanol–water partition coefficient (Wildman–Crippen LogP) is 2.88. The molecule has 1 aliphatic heterocycles. The van der Waals surface area contributed by atoms with Gasteiger partial charge < -0.3 is 10.2 Å². The molecule has 2 aromatic carbocycles. The van der Waals surface area contributed by atoms with E-state index in [2.05, 4.69) is 10.2 Å². The van der Waals surface area contributed by atoms with E-state index in [1.54, 1.807) is 30.3 Å². The molecule has 9 heteroatoms. The van der Waals surface area contributed by atoms with Crippen LogP contribution >= 0.6 is 11.6 Å². The van der Waals surface area contributed by atoms with E-state index in [1.165, 1.54) is 6.07 Å². The van der Waals surface area contributed by atoms with Crippen molar-refractivity contribution >= 4 is 34.6 Å². The highest BCUT2D eigenvalue weighted by Gasteiger charge is 2.21. The summed E-state index contributed by atoms with van der Waals surface area (Å²) in [7, 11) is 0. The number of nitriles is 1. The number of carbonyl (C=O) groups excluding carboxylic acids is 1. The van der Waals surface area contributed by atoms with Gasteiger partial charge in [-0.05, 0) is 24.3 Å². The number of benzene rings is 2. The van der Waals surface area contributed by atoms with Gasteiger partial charge in [-0.25, -0.2) is 0 Å². The van der Waals surface area contributed by atoms with Crippen LogP contribution in [0.15, 0.2) is 42.5 Å². The number of piperazine rings is 1. The Kier molecular flexibility index (Phi) is 6.09. The second-order valence-corrected chi connectivity index (χ2v) is 6.83. The van der Waals surface area contributed by atoms with E-state index in [9.17, 15) is 14.9 Å². The average molecular weight is 400 g/mol. The lowest BCUT2D eigenvalue weighted by Gasteiger charge is -2.35. The first-order chi connectivity index (χ1) is 13.5.